The number of rotatable bonds is 6. The molecular weight excluding hydrogens is 396 g/mol. The fourth-order valence-electron chi connectivity index (χ4n) is 2.50. The Bertz CT molecular complexity index is 1060. The van der Waals surface area contributed by atoms with E-state index >= 15 is 0 Å². The average Bonchev–Trinajstić information content (AvgIpc) is 2.97. The van der Waals surface area contributed by atoms with Crippen molar-refractivity contribution in [3.63, 3.8) is 0 Å². The second-order valence-corrected chi connectivity index (χ2v) is 8.37. The van der Waals surface area contributed by atoms with Crippen molar-refractivity contribution in [1.82, 2.24) is 4.90 Å². The number of hydrogen-bond acceptors (Lipinski definition) is 5. The lowest BCUT2D eigenvalue weighted by Gasteiger charge is -2.12. The van der Waals surface area contributed by atoms with Gasteiger partial charge in [-0.15, -0.1) is 11.0 Å². The van der Waals surface area contributed by atoms with E-state index in [1.165, 1.54) is 23.1 Å². The van der Waals surface area contributed by atoms with Crippen molar-refractivity contribution >= 4 is 38.9 Å². The first-order valence-corrected chi connectivity index (χ1v) is 10.6. The molecule has 0 aliphatic carbocycles. The summed E-state index contributed by atoms with van der Waals surface area (Å²) in [5, 5.41) is 0.0999. The molecule has 0 atom stereocenters. The summed E-state index contributed by atoms with van der Waals surface area (Å²) in [7, 11) is -2.37. The summed E-state index contributed by atoms with van der Waals surface area (Å²) in [4.78, 5) is 14.5. The summed E-state index contributed by atoms with van der Waals surface area (Å²) in [6.45, 7) is 3.79. The van der Waals surface area contributed by atoms with Gasteiger partial charge in [-0.25, -0.2) is 0 Å². The molecule has 2 aromatic carbocycles. The highest BCUT2D eigenvalue weighted by Crippen LogP contribution is 2.34. The minimum absolute atomic E-state index is 0.0688. The number of carbonyl (C=O) groups is 1. The van der Waals surface area contributed by atoms with Crippen molar-refractivity contribution in [1.29, 1.82) is 0 Å². The van der Waals surface area contributed by atoms with E-state index in [1.54, 1.807) is 43.5 Å². The zero-order chi connectivity index (χ0) is 20.1. The van der Waals surface area contributed by atoms with Crippen LogP contribution in [-0.4, -0.2) is 38.0 Å². The molecule has 0 radical (unpaired) electrons. The Morgan fingerprint density at radius 2 is 1.93 bits per heavy atom. The molecule has 2 aromatic rings. The minimum atomic E-state index is -3.93. The number of thioether (sulfide) groups is 1. The molecule has 0 bridgehead atoms. The first-order valence-electron chi connectivity index (χ1n) is 8.31. The van der Waals surface area contributed by atoms with Crippen LogP contribution in [0.5, 0.6) is 5.75 Å². The fraction of sp³-hybridized carbons (Fsp3) is 0.100. The largest absolute Gasteiger partial charge is 0.497 e. The Labute approximate surface area is 168 Å². The quantitative estimate of drug-likeness (QED) is 0.534. The summed E-state index contributed by atoms with van der Waals surface area (Å²) in [6.07, 6.45) is 3.21. The molecule has 0 spiro atoms. The third kappa shape index (κ3) is 4.35. The van der Waals surface area contributed by atoms with Gasteiger partial charge >= 0.3 is 0 Å². The second-order valence-electron chi connectivity index (χ2n) is 5.75. The van der Waals surface area contributed by atoms with Crippen molar-refractivity contribution in [3.05, 3.63) is 77.7 Å². The molecule has 1 aliphatic heterocycles. The summed E-state index contributed by atoms with van der Waals surface area (Å²) in [5.41, 5.74) is 0.765. The maximum Gasteiger partial charge on any atom is 0.284 e. The maximum absolute atomic E-state index is 12.8. The molecule has 0 unspecified atom stereocenters. The van der Waals surface area contributed by atoms with Crippen LogP contribution in [0.25, 0.3) is 6.08 Å². The van der Waals surface area contributed by atoms with Crippen molar-refractivity contribution in [2.75, 3.05) is 13.7 Å². The van der Waals surface area contributed by atoms with E-state index < -0.39 is 10.0 Å². The van der Waals surface area contributed by atoms with E-state index in [2.05, 4.69) is 11.0 Å². The molecule has 8 heteroatoms. The number of amidine groups is 1. The van der Waals surface area contributed by atoms with Gasteiger partial charge in [0.2, 0.25) is 0 Å². The van der Waals surface area contributed by atoms with Gasteiger partial charge in [-0.2, -0.15) is 8.42 Å². The van der Waals surface area contributed by atoms with Crippen LogP contribution in [0.15, 0.2) is 81.5 Å². The molecule has 0 N–H and O–H groups in total. The Hall–Kier alpha value is -2.84. The third-order valence-electron chi connectivity index (χ3n) is 3.83. The number of ether oxygens (including phenoxy) is 1. The molecule has 1 fully saturated rings. The van der Waals surface area contributed by atoms with E-state index in [-0.39, 0.29) is 22.5 Å². The van der Waals surface area contributed by atoms with Crippen molar-refractivity contribution in [3.8, 4) is 5.75 Å². The number of methoxy groups -OCH3 is 1. The van der Waals surface area contributed by atoms with Crippen LogP contribution in [0.4, 0.5) is 0 Å². The molecule has 1 amide bonds. The van der Waals surface area contributed by atoms with E-state index in [4.69, 9.17) is 4.74 Å². The van der Waals surface area contributed by atoms with Crippen LogP contribution in [0.1, 0.15) is 5.56 Å². The minimum Gasteiger partial charge on any atom is -0.497 e. The van der Waals surface area contributed by atoms with Crippen LogP contribution in [0.3, 0.4) is 0 Å². The number of carbonyl (C=O) groups excluding carboxylic acids is 1. The molecule has 28 heavy (non-hydrogen) atoms. The van der Waals surface area contributed by atoms with Crippen molar-refractivity contribution in [2.45, 2.75) is 4.90 Å². The zero-order valence-electron chi connectivity index (χ0n) is 15.1. The second kappa shape index (κ2) is 8.45. The normalized spacial score (nSPS) is 17.3. The van der Waals surface area contributed by atoms with Gasteiger partial charge in [0.25, 0.3) is 15.9 Å². The number of amides is 1. The molecule has 1 aliphatic rings. The fourth-order valence-corrected chi connectivity index (χ4v) is 4.71. The Morgan fingerprint density at radius 3 is 2.61 bits per heavy atom. The standard InChI is InChI=1S/C20H18N2O4S2/c1-3-12-22-19(23)18(14-15-8-7-9-16(13-15)26-2)27-20(22)21-28(24,25)17-10-5-4-6-11-17/h3-11,13-14H,1,12H2,2H3/b18-14-,21-20+. The zero-order valence-corrected chi connectivity index (χ0v) is 16.7. The number of hydrogen-bond donors (Lipinski definition) is 0. The van der Waals surface area contributed by atoms with Gasteiger partial charge in [-0.1, -0.05) is 36.4 Å². The first kappa shape index (κ1) is 19.9. The predicted molar refractivity (Wildman–Crippen MR) is 112 cm³/mol. The van der Waals surface area contributed by atoms with Crippen LogP contribution in [0.2, 0.25) is 0 Å². The lowest BCUT2D eigenvalue weighted by molar-refractivity contribution is -0.121. The van der Waals surface area contributed by atoms with E-state index in [0.717, 1.165) is 17.3 Å². The highest BCUT2D eigenvalue weighted by atomic mass is 32.2. The lowest BCUT2D eigenvalue weighted by Crippen LogP contribution is -2.29. The molecule has 1 saturated heterocycles. The van der Waals surface area contributed by atoms with Gasteiger partial charge in [0.15, 0.2) is 5.17 Å². The van der Waals surface area contributed by atoms with Crippen LogP contribution >= 0.6 is 11.8 Å². The molecule has 0 saturated carbocycles. The van der Waals surface area contributed by atoms with Gasteiger partial charge in [-0.3, -0.25) is 9.69 Å². The van der Waals surface area contributed by atoms with Crippen LogP contribution < -0.4 is 4.74 Å². The Balaban J connectivity index is 1.99. The SMILES string of the molecule is C=CCN1C(=O)/C(=C/c2cccc(OC)c2)S/C1=N/S(=O)(=O)c1ccccc1. The lowest BCUT2D eigenvalue weighted by atomic mass is 10.2. The summed E-state index contributed by atoms with van der Waals surface area (Å²) in [5.74, 6) is 0.336. The summed E-state index contributed by atoms with van der Waals surface area (Å²) >= 11 is 1.02. The smallest absolute Gasteiger partial charge is 0.284 e. The molecule has 6 nitrogen and oxygen atoms in total. The highest BCUT2D eigenvalue weighted by Gasteiger charge is 2.34. The number of benzene rings is 2. The van der Waals surface area contributed by atoms with Gasteiger partial charge in [0.1, 0.15) is 5.75 Å². The molecule has 144 valence electrons. The Morgan fingerprint density at radius 1 is 1.18 bits per heavy atom. The van der Waals surface area contributed by atoms with Crippen molar-refractivity contribution < 1.29 is 17.9 Å². The van der Waals surface area contributed by atoms with E-state index in [0.29, 0.717) is 10.7 Å². The monoisotopic (exact) mass is 414 g/mol. The van der Waals surface area contributed by atoms with E-state index in [1.807, 2.05) is 12.1 Å². The third-order valence-corrected chi connectivity index (χ3v) is 6.23. The topological polar surface area (TPSA) is 76.0 Å². The molecule has 1 heterocycles. The average molecular weight is 415 g/mol. The first-order chi connectivity index (χ1) is 13.4. The van der Waals surface area contributed by atoms with Crippen LogP contribution in [-0.2, 0) is 14.8 Å². The highest BCUT2D eigenvalue weighted by molar-refractivity contribution is 8.19. The molecular formula is C20H18N2O4S2. The predicted octanol–water partition coefficient (Wildman–Crippen LogP) is 3.54. The van der Waals surface area contributed by atoms with Crippen LogP contribution in [0, 0.1) is 0 Å². The Kier molecular flexibility index (Phi) is 6.01. The van der Waals surface area contributed by atoms with Gasteiger partial charge in [0, 0.05) is 6.54 Å². The number of nitrogens with zero attached hydrogens (tertiary/aromatic N) is 2. The molecule has 3 rings (SSSR count). The van der Waals surface area contributed by atoms with Gasteiger partial charge in [0.05, 0.1) is 16.9 Å². The molecule has 0 aromatic heterocycles. The number of sulfonamides is 1. The summed E-state index contributed by atoms with van der Waals surface area (Å²) < 4.78 is 34.3. The van der Waals surface area contributed by atoms with Gasteiger partial charge in [-0.05, 0) is 47.7 Å². The maximum atomic E-state index is 12.8. The summed E-state index contributed by atoms with van der Waals surface area (Å²) in [6, 6.07) is 15.1. The van der Waals surface area contributed by atoms with E-state index in [9.17, 15) is 13.2 Å². The van der Waals surface area contributed by atoms with Crippen molar-refractivity contribution in [2.24, 2.45) is 4.40 Å². The van der Waals surface area contributed by atoms with Gasteiger partial charge < -0.3 is 4.74 Å².